The van der Waals surface area contributed by atoms with Crippen LogP contribution in [0.3, 0.4) is 0 Å². The lowest BCUT2D eigenvalue weighted by Crippen LogP contribution is -2.08. The molecule has 0 fully saturated rings. The number of hydrogen-bond acceptors (Lipinski definition) is 2. The van der Waals surface area contributed by atoms with Crippen molar-refractivity contribution in [1.82, 2.24) is 0 Å². The first-order valence-corrected chi connectivity index (χ1v) is 6.31. The molecule has 0 aliphatic carbocycles. The second-order valence-corrected chi connectivity index (χ2v) is 4.72. The van der Waals surface area contributed by atoms with Gasteiger partial charge in [-0.1, -0.05) is 23.7 Å². The summed E-state index contributed by atoms with van der Waals surface area (Å²) in [7, 11) is 0. The van der Waals surface area contributed by atoms with Gasteiger partial charge in [-0.3, -0.25) is 0 Å². The summed E-state index contributed by atoms with van der Waals surface area (Å²) in [6, 6.07) is 10.3. The molecule has 20 heavy (non-hydrogen) atoms. The highest BCUT2D eigenvalue weighted by atomic mass is 35.5. The van der Waals surface area contributed by atoms with Gasteiger partial charge < -0.3 is 5.32 Å². The molecule has 2 aromatic carbocycles. The molecule has 0 amide bonds. The fourth-order valence-electron chi connectivity index (χ4n) is 1.86. The number of halogens is 3. The Balaban J connectivity index is 2.28. The minimum atomic E-state index is -0.582. The van der Waals surface area contributed by atoms with Crippen LogP contribution < -0.4 is 5.32 Å². The van der Waals surface area contributed by atoms with E-state index in [9.17, 15) is 8.78 Å². The van der Waals surface area contributed by atoms with Crippen LogP contribution >= 0.6 is 11.6 Å². The molecular formula is C15H11ClF2N2. The zero-order chi connectivity index (χ0) is 14.7. The molecule has 0 spiro atoms. The molecule has 0 aliphatic rings. The van der Waals surface area contributed by atoms with Gasteiger partial charge in [0.1, 0.15) is 23.3 Å². The third-order valence-electron chi connectivity index (χ3n) is 2.94. The second kappa shape index (κ2) is 5.89. The normalized spacial score (nSPS) is 11.8. The molecular weight excluding hydrogens is 282 g/mol. The summed E-state index contributed by atoms with van der Waals surface area (Å²) < 4.78 is 26.6. The van der Waals surface area contributed by atoms with Crippen molar-refractivity contribution in [2.75, 3.05) is 5.32 Å². The Morgan fingerprint density at radius 1 is 1.20 bits per heavy atom. The summed E-state index contributed by atoms with van der Waals surface area (Å²) in [4.78, 5) is 0. The van der Waals surface area contributed by atoms with Gasteiger partial charge in [0.25, 0.3) is 0 Å². The molecule has 0 aliphatic heterocycles. The third-order valence-corrected chi connectivity index (χ3v) is 3.23. The van der Waals surface area contributed by atoms with Crippen LogP contribution in [0.4, 0.5) is 14.5 Å². The van der Waals surface area contributed by atoms with E-state index in [0.717, 1.165) is 5.56 Å². The van der Waals surface area contributed by atoms with Gasteiger partial charge in [0, 0.05) is 6.04 Å². The molecule has 1 N–H and O–H groups in total. The molecule has 0 saturated heterocycles. The number of hydrogen-bond donors (Lipinski definition) is 1. The van der Waals surface area contributed by atoms with E-state index in [-0.39, 0.29) is 16.6 Å². The SMILES string of the molecule is CC(Nc1cccc(F)c1C#N)c1ccc(F)c(Cl)c1. The van der Waals surface area contributed by atoms with Gasteiger partial charge in [0.2, 0.25) is 0 Å². The quantitative estimate of drug-likeness (QED) is 0.893. The molecule has 0 saturated carbocycles. The summed E-state index contributed by atoms with van der Waals surface area (Å²) in [5.74, 6) is -1.08. The van der Waals surface area contributed by atoms with Crippen molar-refractivity contribution < 1.29 is 8.78 Å². The van der Waals surface area contributed by atoms with E-state index in [2.05, 4.69) is 5.32 Å². The largest absolute Gasteiger partial charge is 0.377 e. The maximum Gasteiger partial charge on any atom is 0.143 e. The zero-order valence-electron chi connectivity index (χ0n) is 10.6. The predicted octanol–water partition coefficient (Wildman–Crippen LogP) is 4.66. The zero-order valence-corrected chi connectivity index (χ0v) is 11.4. The van der Waals surface area contributed by atoms with Crippen LogP contribution in [0.25, 0.3) is 0 Å². The van der Waals surface area contributed by atoms with Crippen LogP contribution in [0.5, 0.6) is 0 Å². The Morgan fingerprint density at radius 2 is 1.95 bits per heavy atom. The lowest BCUT2D eigenvalue weighted by atomic mass is 10.1. The average molecular weight is 293 g/mol. The summed E-state index contributed by atoms with van der Waals surface area (Å²) in [5, 5.41) is 12.0. The van der Waals surface area contributed by atoms with Crippen molar-refractivity contribution in [3.05, 3.63) is 64.2 Å². The van der Waals surface area contributed by atoms with E-state index in [1.807, 2.05) is 13.0 Å². The molecule has 0 aromatic heterocycles. The highest BCUT2D eigenvalue weighted by Crippen LogP contribution is 2.26. The average Bonchev–Trinajstić information content (AvgIpc) is 2.42. The predicted molar refractivity (Wildman–Crippen MR) is 74.6 cm³/mol. The molecule has 2 rings (SSSR count). The van der Waals surface area contributed by atoms with Gasteiger partial charge in [-0.15, -0.1) is 0 Å². The molecule has 102 valence electrons. The van der Waals surface area contributed by atoms with E-state index in [1.165, 1.54) is 24.3 Å². The van der Waals surface area contributed by atoms with Gasteiger partial charge >= 0.3 is 0 Å². The summed E-state index contributed by atoms with van der Waals surface area (Å²) in [6.07, 6.45) is 0. The second-order valence-electron chi connectivity index (χ2n) is 4.31. The Kier molecular flexibility index (Phi) is 4.21. The van der Waals surface area contributed by atoms with Gasteiger partial charge in [-0.05, 0) is 36.8 Å². The van der Waals surface area contributed by atoms with Crippen LogP contribution in [0.1, 0.15) is 24.1 Å². The van der Waals surface area contributed by atoms with E-state index in [1.54, 1.807) is 12.1 Å². The van der Waals surface area contributed by atoms with E-state index in [4.69, 9.17) is 16.9 Å². The fourth-order valence-corrected chi connectivity index (χ4v) is 2.05. The lowest BCUT2D eigenvalue weighted by molar-refractivity contribution is 0.624. The molecule has 2 aromatic rings. The van der Waals surface area contributed by atoms with Crippen molar-refractivity contribution in [1.29, 1.82) is 5.26 Å². The summed E-state index contributed by atoms with van der Waals surface area (Å²) >= 11 is 5.73. The topological polar surface area (TPSA) is 35.8 Å². The molecule has 1 atom stereocenters. The van der Waals surface area contributed by atoms with Crippen molar-refractivity contribution in [3.8, 4) is 6.07 Å². The van der Waals surface area contributed by atoms with Gasteiger partial charge in [0.05, 0.1) is 10.7 Å². The smallest absolute Gasteiger partial charge is 0.143 e. The van der Waals surface area contributed by atoms with Gasteiger partial charge in [0.15, 0.2) is 0 Å². The van der Waals surface area contributed by atoms with Crippen LogP contribution in [0.2, 0.25) is 5.02 Å². The first kappa shape index (κ1) is 14.3. The first-order chi connectivity index (χ1) is 9.52. The highest BCUT2D eigenvalue weighted by Gasteiger charge is 2.12. The monoisotopic (exact) mass is 292 g/mol. The minimum Gasteiger partial charge on any atom is -0.377 e. The van der Waals surface area contributed by atoms with Gasteiger partial charge in [-0.2, -0.15) is 5.26 Å². The van der Waals surface area contributed by atoms with Crippen LogP contribution in [-0.4, -0.2) is 0 Å². The van der Waals surface area contributed by atoms with E-state index in [0.29, 0.717) is 5.69 Å². The Hall–Kier alpha value is -2.12. The molecule has 0 radical (unpaired) electrons. The Morgan fingerprint density at radius 3 is 2.60 bits per heavy atom. The van der Waals surface area contributed by atoms with Crippen molar-refractivity contribution in [2.24, 2.45) is 0 Å². The maximum atomic E-state index is 13.5. The number of benzene rings is 2. The van der Waals surface area contributed by atoms with Crippen LogP contribution in [0.15, 0.2) is 36.4 Å². The standard InChI is InChI=1S/C15H11ClF2N2/c1-9(10-5-6-14(18)12(16)7-10)20-15-4-2-3-13(17)11(15)8-19/h2-7,9,20H,1H3. The van der Waals surface area contributed by atoms with Crippen molar-refractivity contribution in [3.63, 3.8) is 0 Å². The van der Waals surface area contributed by atoms with E-state index >= 15 is 0 Å². The molecule has 0 heterocycles. The number of rotatable bonds is 3. The molecule has 0 bridgehead atoms. The minimum absolute atomic E-state index is 0.0240. The van der Waals surface area contributed by atoms with Crippen LogP contribution in [0, 0.1) is 23.0 Å². The van der Waals surface area contributed by atoms with Gasteiger partial charge in [-0.25, -0.2) is 8.78 Å². The molecule has 2 nitrogen and oxygen atoms in total. The lowest BCUT2D eigenvalue weighted by Gasteiger charge is -2.17. The number of nitrogens with one attached hydrogen (secondary N) is 1. The number of nitriles is 1. The molecule has 1 unspecified atom stereocenters. The van der Waals surface area contributed by atoms with Crippen molar-refractivity contribution >= 4 is 17.3 Å². The summed E-state index contributed by atoms with van der Waals surface area (Å²) in [5.41, 5.74) is 1.08. The van der Waals surface area contributed by atoms with E-state index < -0.39 is 11.6 Å². The number of nitrogens with zero attached hydrogens (tertiary/aromatic N) is 1. The van der Waals surface area contributed by atoms with Crippen LogP contribution in [-0.2, 0) is 0 Å². The number of anilines is 1. The summed E-state index contributed by atoms with van der Waals surface area (Å²) in [6.45, 7) is 1.82. The first-order valence-electron chi connectivity index (χ1n) is 5.93. The van der Waals surface area contributed by atoms with Crippen molar-refractivity contribution in [2.45, 2.75) is 13.0 Å². The Bertz CT molecular complexity index is 680. The third kappa shape index (κ3) is 2.89. The fraction of sp³-hybridized carbons (Fsp3) is 0.133. The maximum absolute atomic E-state index is 13.5. The Labute approximate surface area is 120 Å². The molecule has 5 heteroatoms. The highest BCUT2D eigenvalue weighted by molar-refractivity contribution is 6.30.